The van der Waals surface area contributed by atoms with Crippen molar-refractivity contribution >= 4 is 37.2 Å². The van der Waals surface area contributed by atoms with Crippen LogP contribution in [0.15, 0.2) is 6.58 Å². The molecule has 102 valence electrons. The van der Waals surface area contributed by atoms with Gasteiger partial charge in [-0.2, -0.15) is 0 Å². The first kappa shape index (κ1) is 15.6. The van der Waals surface area contributed by atoms with E-state index in [0.29, 0.717) is 21.8 Å². The zero-order chi connectivity index (χ0) is 13.8. The molecule has 0 bridgehead atoms. The summed E-state index contributed by atoms with van der Waals surface area (Å²) in [4.78, 5) is 0.640. The molecule has 0 aromatic carbocycles. The second kappa shape index (κ2) is 6.63. The lowest BCUT2D eigenvalue weighted by atomic mass is 10.4. The number of hydrogen-bond donors (Lipinski definition) is 1. The van der Waals surface area contributed by atoms with Gasteiger partial charge in [-0.1, -0.05) is 6.58 Å². The molecule has 0 saturated heterocycles. The van der Waals surface area contributed by atoms with Gasteiger partial charge < -0.3 is 14.2 Å². The van der Waals surface area contributed by atoms with E-state index in [1.165, 1.54) is 25.6 Å². The summed E-state index contributed by atoms with van der Waals surface area (Å²) < 4.78 is 23.6. The van der Waals surface area contributed by atoms with Crippen molar-refractivity contribution < 1.29 is 18.7 Å². The lowest BCUT2D eigenvalue weighted by Gasteiger charge is -2.13. The molecule has 1 aromatic rings. The molecule has 1 N–H and O–H groups in total. The van der Waals surface area contributed by atoms with E-state index >= 15 is 0 Å². The highest BCUT2D eigenvalue weighted by molar-refractivity contribution is 7.73. The Bertz CT molecular complexity index is 514. The highest BCUT2D eigenvalue weighted by atomic mass is 32.1. The molecular formula is C10H16NO4PS2. The molecule has 0 aliphatic carbocycles. The van der Waals surface area contributed by atoms with Crippen LogP contribution in [0.3, 0.4) is 0 Å². The first-order valence-electron chi connectivity index (χ1n) is 5.23. The van der Waals surface area contributed by atoms with Gasteiger partial charge in [0.05, 0.1) is 11.0 Å². The van der Waals surface area contributed by atoms with Gasteiger partial charge in [-0.15, -0.1) is 11.3 Å². The largest absolute Gasteiger partial charge is 0.493 e. The first-order valence-corrected chi connectivity index (χ1v) is 8.18. The minimum atomic E-state index is -2.99. The van der Waals surface area contributed by atoms with Crippen LogP contribution in [0.5, 0.6) is 5.88 Å². The van der Waals surface area contributed by atoms with Gasteiger partial charge in [0.25, 0.3) is 0 Å². The third kappa shape index (κ3) is 3.52. The van der Waals surface area contributed by atoms with Crippen LogP contribution in [0.25, 0.3) is 6.08 Å². The van der Waals surface area contributed by atoms with Gasteiger partial charge in [0.2, 0.25) is 5.88 Å². The van der Waals surface area contributed by atoms with Crippen molar-refractivity contribution in [3.8, 4) is 5.88 Å². The third-order valence-electron chi connectivity index (χ3n) is 2.45. The fourth-order valence-corrected chi connectivity index (χ4v) is 3.67. The van der Waals surface area contributed by atoms with Crippen LogP contribution in [0.4, 0.5) is 0 Å². The maximum Gasteiger partial charge on any atom is 0.330 e. The topological polar surface area (TPSA) is 60.7 Å². The van der Waals surface area contributed by atoms with E-state index in [1.54, 1.807) is 10.6 Å². The smallest absolute Gasteiger partial charge is 0.330 e. The predicted molar refractivity (Wildman–Crippen MR) is 76.0 cm³/mol. The quantitative estimate of drug-likeness (QED) is 0.617. The Labute approximate surface area is 115 Å². The lowest BCUT2D eigenvalue weighted by Crippen LogP contribution is -2.02. The van der Waals surface area contributed by atoms with Crippen LogP contribution < -0.4 is 0 Å². The number of hydrogen-bond acceptors (Lipinski definition) is 6. The molecule has 18 heavy (non-hydrogen) atoms. The van der Waals surface area contributed by atoms with Crippen molar-refractivity contribution in [2.45, 2.75) is 13.0 Å². The zero-order valence-corrected chi connectivity index (χ0v) is 12.8. The highest BCUT2D eigenvalue weighted by Crippen LogP contribution is 2.46. The fraction of sp³-hybridized carbons (Fsp3) is 0.500. The number of nitrogens with zero attached hydrogens (tertiary/aromatic N) is 1. The Morgan fingerprint density at radius 2 is 2.17 bits per heavy atom. The lowest BCUT2D eigenvalue weighted by molar-refractivity contribution is 0.274. The average molecular weight is 309 g/mol. The number of aromatic hydroxyl groups is 1. The second-order valence-electron chi connectivity index (χ2n) is 3.46. The summed E-state index contributed by atoms with van der Waals surface area (Å²) in [7, 11) is -0.284. The SMILES string of the molecule is C=Cc1sc(=S)n(CCCP(=O)(OC)OC)c1O. The van der Waals surface area contributed by atoms with Crippen LogP contribution in [0.1, 0.15) is 11.3 Å². The van der Waals surface area contributed by atoms with Gasteiger partial charge in [0, 0.05) is 20.8 Å². The van der Waals surface area contributed by atoms with Crippen LogP contribution in [0, 0.1) is 3.95 Å². The van der Waals surface area contributed by atoms with E-state index in [4.69, 9.17) is 21.3 Å². The fourth-order valence-electron chi connectivity index (χ4n) is 1.42. The summed E-state index contributed by atoms with van der Waals surface area (Å²) in [5, 5.41) is 9.86. The zero-order valence-electron chi connectivity index (χ0n) is 10.3. The summed E-state index contributed by atoms with van der Waals surface area (Å²) in [5.74, 6) is 0.102. The minimum Gasteiger partial charge on any atom is -0.493 e. The van der Waals surface area contributed by atoms with E-state index in [0.717, 1.165) is 0 Å². The molecule has 5 nitrogen and oxygen atoms in total. The summed E-state index contributed by atoms with van der Waals surface area (Å²) in [6, 6.07) is 0. The van der Waals surface area contributed by atoms with Gasteiger partial charge >= 0.3 is 7.60 Å². The molecule has 0 atom stereocenters. The van der Waals surface area contributed by atoms with Gasteiger partial charge in [-0.25, -0.2) is 0 Å². The molecule has 0 saturated carbocycles. The molecule has 0 aliphatic rings. The van der Waals surface area contributed by atoms with E-state index < -0.39 is 7.60 Å². The highest BCUT2D eigenvalue weighted by Gasteiger charge is 2.20. The van der Waals surface area contributed by atoms with Gasteiger partial charge in [0.15, 0.2) is 3.95 Å². The molecule has 8 heteroatoms. The normalized spacial score (nSPS) is 11.7. The van der Waals surface area contributed by atoms with Crippen molar-refractivity contribution in [1.82, 2.24) is 4.57 Å². The summed E-state index contributed by atoms with van der Waals surface area (Å²) in [6.45, 7) is 4.06. The first-order chi connectivity index (χ1) is 8.47. The minimum absolute atomic E-state index is 0.102. The van der Waals surface area contributed by atoms with Gasteiger partial charge in [0.1, 0.15) is 0 Å². The van der Waals surface area contributed by atoms with Crippen LogP contribution in [-0.4, -0.2) is 30.1 Å². The van der Waals surface area contributed by atoms with Crippen molar-refractivity contribution in [2.24, 2.45) is 0 Å². The van der Waals surface area contributed by atoms with Crippen molar-refractivity contribution in [1.29, 1.82) is 0 Å². The molecule has 0 unspecified atom stereocenters. The monoisotopic (exact) mass is 309 g/mol. The van der Waals surface area contributed by atoms with Crippen molar-refractivity contribution in [3.05, 3.63) is 15.4 Å². The molecule has 0 fully saturated rings. The third-order valence-corrected chi connectivity index (χ3v) is 5.86. The summed E-state index contributed by atoms with van der Waals surface area (Å²) in [6.07, 6.45) is 2.37. The summed E-state index contributed by atoms with van der Waals surface area (Å²) in [5.41, 5.74) is 0. The van der Waals surface area contributed by atoms with E-state index in [1.807, 2.05) is 0 Å². The number of aromatic nitrogens is 1. The molecular weight excluding hydrogens is 293 g/mol. The molecule has 1 rings (SSSR count). The molecule has 1 heterocycles. The standard InChI is InChI=1S/C10H16NO4PS2/c1-4-8-9(12)11(10(17)18-8)6-5-7-16(13,14-2)15-3/h4,12H,1,5-7H2,2-3H3. The predicted octanol–water partition coefficient (Wildman–Crippen LogP) is 3.50. The molecule has 0 amide bonds. The Kier molecular flexibility index (Phi) is 5.75. The van der Waals surface area contributed by atoms with E-state index in [-0.39, 0.29) is 12.0 Å². The Morgan fingerprint density at radius 1 is 1.56 bits per heavy atom. The Morgan fingerprint density at radius 3 is 2.61 bits per heavy atom. The van der Waals surface area contributed by atoms with Crippen LogP contribution in [0.2, 0.25) is 0 Å². The number of thiazole rings is 1. The Balaban J connectivity index is 2.70. The van der Waals surface area contributed by atoms with Crippen molar-refractivity contribution in [3.63, 3.8) is 0 Å². The van der Waals surface area contributed by atoms with E-state index in [2.05, 4.69) is 6.58 Å². The maximum atomic E-state index is 11.8. The molecule has 0 spiro atoms. The molecule has 1 aromatic heterocycles. The molecule has 0 radical (unpaired) electrons. The Hall–Kier alpha value is -0.460. The van der Waals surface area contributed by atoms with Gasteiger partial charge in [-0.05, 0) is 24.7 Å². The average Bonchev–Trinajstić information content (AvgIpc) is 2.65. The molecule has 0 aliphatic heterocycles. The van der Waals surface area contributed by atoms with Gasteiger partial charge in [-0.3, -0.25) is 9.13 Å². The number of rotatable bonds is 7. The van der Waals surface area contributed by atoms with Crippen molar-refractivity contribution in [2.75, 3.05) is 20.4 Å². The van der Waals surface area contributed by atoms with E-state index in [9.17, 15) is 9.67 Å². The van der Waals surface area contributed by atoms with Crippen LogP contribution >= 0.6 is 31.2 Å². The van der Waals surface area contributed by atoms with Crippen LogP contribution in [-0.2, 0) is 20.2 Å². The summed E-state index contributed by atoms with van der Waals surface area (Å²) >= 11 is 6.42. The maximum absolute atomic E-state index is 11.8. The second-order valence-corrected chi connectivity index (χ2v) is 7.54.